The summed E-state index contributed by atoms with van der Waals surface area (Å²) in [7, 11) is 1.69. The molecule has 0 fully saturated rings. The van der Waals surface area contributed by atoms with Crippen LogP contribution in [0.3, 0.4) is 0 Å². The van der Waals surface area contributed by atoms with E-state index >= 15 is 0 Å². The monoisotopic (exact) mass is 368 g/mol. The lowest BCUT2D eigenvalue weighted by Gasteiger charge is -2.22. The van der Waals surface area contributed by atoms with Crippen molar-refractivity contribution >= 4 is 23.5 Å². The number of furan rings is 1. The van der Waals surface area contributed by atoms with E-state index in [9.17, 15) is 14.0 Å². The van der Waals surface area contributed by atoms with Crippen LogP contribution in [0.4, 0.5) is 16.0 Å². The van der Waals surface area contributed by atoms with Crippen molar-refractivity contribution in [2.45, 2.75) is 18.8 Å². The molecule has 2 amide bonds. The van der Waals surface area contributed by atoms with Gasteiger partial charge in [-0.15, -0.1) is 0 Å². The molecule has 7 nitrogen and oxygen atoms in total. The first-order chi connectivity index (χ1) is 13.0. The molecule has 0 spiro atoms. The molecule has 27 heavy (non-hydrogen) atoms. The summed E-state index contributed by atoms with van der Waals surface area (Å²) in [4.78, 5) is 24.5. The first-order valence-electron chi connectivity index (χ1n) is 8.45. The molecule has 138 valence electrons. The SMILES string of the molecule is Cn1nc(NC(=O)Cc2ccc(F)cc2)c2c1NC(=O)C[C@H]2c1ccco1. The number of hydrogen-bond acceptors (Lipinski definition) is 4. The third-order valence-electron chi connectivity index (χ3n) is 4.50. The number of carbonyl (C=O) groups is 2. The molecule has 0 aliphatic carbocycles. The Balaban J connectivity index is 1.62. The van der Waals surface area contributed by atoms with Gasteiger partial charge in [-0.25, -0.2) is 4.39 Å². The van der Waals surface area contributed by atoms with Crippen molar-refractivity contribution in [2.75, 3.05) is 10.6 Å². The number of amides is 2. The molecule has 1 aliphatic rings. The smallest absolute Gasteiger partial charge is 0.230 e. The molecule has 0 bridgehead atoms. The van der Waals surface area contributed by atoms with Crippen molar-refractivity contribution in [2.24, 2.45) is 7.05 Å². The van der Waals surface area contributed by atoms with Crippen LogP contribution in [0.25, 0.3) is 0 Å². The molecule has 0 saturated heterocycles. The van der Waals surface area contributed by atoms with Crippen LogP contribution in [0.1, 0.15) is 29.2 Å². The highest BCUT2D eigenvalue weighted by molar-refractivity contribution is 5.98. The molecule has 8 heteroatoms. The zero-order chi connectivity index (χ0) is 19.0. The van der Waals surface area contributed by atoms with Gasteiger partial charge in [0.25, 0.3) is 0 Å². The summed E-state index contributed by atoms with van der Waals surface area (Å²) in [6.07, 6.45) is 1.83. The first-order valence-corrected chi connectivity index (χ1v) is 8.45. The molecule has 1 atom stereocenters. The van der Waals surface area contributed by atoms with Gasteiger partial charge in [-0.2, -0.15) is 5.10 Å². The standard InChI is InChI=1S/C19H17FN4O3/c1-24-19-17(13(10-16(26)22-19)14-3-2-8-27-14)18(23-24)21-15(25)9-11-4-6-12(20)7-5-11/h2-8,13H,9-10H2,1H3,(H,22,26)(H,21,23,25)/t13-/m0/s1. The van der Waals surface area contributed by atoms with Crippen molar-refractivity contribution < 1.29 is 18.4 Å². The molecule has 2 aromatic heterocycles. The van der Waals surface area contributed by atoms with Crippen molar-refractivity contribution in [3.8, 4) is 0 Å². The minimum Gasteiger partial charge on any atom is -0.469 e. The summed E-state index contributed by atoms with van der Waals surface area (Å²) >= 11 is 0. The van der Waals surface area contributed by atoms with Crippen LogP contribution in [-0.4, -0.2) is 21.6 Å². The molecule has 1 aromatic carbocycles. The van der Waals surface area contributed by atoms with Gasteiger partial charge in [-0.1, -0.05) is 12.1 Å². The van der Waals surface area contributed by atoms with Gasteiger partial charge < -0.3 is 15.1 Å². The molecule has 3 aromatic rings. The number of nitrogens with one attached hydrogen (secondary N) is 2. The number of fused-ring (bicyclic) bond motifs is 1. The van der Waals surface area contributed by atoms with Crippen molar-refractivity contribution in [1.82, 2.24) is 9.78 Å². The number of rotatable bonds is 4. The lowest BCUT2D eigenvalue weighted by Crippen LogP contribution is -2.25. The van der Waals surface area contributed by atoms with E-state index in [2.05, 4.69) is 15.7 Å². The lowest BCUT2D eigenvalue weighted by atomic mass is 9.91. The van der Waals surface area contributed by atoms with Crippen LogP contribution in [0.15, 0.2) is 47.1 Å². The Morgan fingerprint density at radius 3 is 2.85 bits per heavy atom. The number of hydrogen-bond donors (Lipinski definition) is 2. The molecular weight excluding hydrogens is 351 g/mol. The van der Waals surface area contributed by atoms with Crippen molar-refractivity contribution in [3.05, 3.63) is 65.4 Å². The average Bonchev–Trinajstić information content (AvgIpc) is 3.26. The summed E-state index contributed by atoms with van der Waals surface area (Å²) in [5.41, 5.74) is 1.40. The van der Waals surface area contributed by atoms with Crippen LogP contribution in [-0.2, 0) is 23.1 Å². The number of benzene rings is 1. The van der Waals surface area contributed by atoms with E-state index in [0.717, 1.165) is 0 Å². The summed E-state index contributed by atoms with van der Waals surface area (Å²) < 4.78 is 20.0. The number of carbonyl (C=O) groups excluding carboxylic acids is 2. The molecular formula is C19H17FN4O3. The molecule has 3 heterocycles. The Bertz CT molecular complexity index is 993. The number of anilines is 2. The fourth-order valence-corrected chi connectivity index (χ4v) is 3.28. The topological polar surface area (TPSA) is 89.2 Å². The minimum atomic E-state index is -0.352. The van der Waals surface area contributed by atoms with Crippen molar-refractivity contribution in [3.63, 3.8) is 0 Å². The Kier molecular flexibility index (Phi) is 4.23. The number of aryl methyl sites for hydroxylation is 1. The molecule has 4 rings (SSSR count). The molecule has 2 N–H and O–H groups in total. The highest BCUT2D eigenvalue weighted by atomic mass is 19.1. The molecule has 0 saturated carbocycles. The molecule has 0 radical (unpaired) electrons. The lowest BCUT2D eigenvalue weighted by molar-refractivity contribution is -0.117. The van der Waals surface area contributed by atoms with Crippen molar-refractivity contribution in [1.29, 1.82) is 0 Å². The molecule has 0 unspecified atom stereocenters. The second-order valence-corrected chi connectivity index (χ2v) is 6.41. The minimum absolute atomic E-state index is 0.0867. The zero-order valence-electron chi connectivity index (χ0n) is 14.5. The zero-order valence-corrected chi connectivity index (χ0v) is 14.5. The maximum absolute atomic E-state index is 13.0. The number of halogens is 1. The highest BCUT2D eigenvalue weighted by Crippen LogP contribution is 2.41. The normalized spacial score (nSPS) is 15.9. The van der Waals surface area contributed by atoms with Crippen LogP contribution in [0, 0.1) is 5.82 Å². The van der Waals surface area contributed by atoms with Gasteiger partial charge in [0.15, 0.2) is 5.82 Å². The summed E-state index contributed by atoms with van der Waals surface area (Å²) in [5, 5.41) is 9.95. The third-order valence-corrected chi connectivity index (χ3v) is 4.50. The van der Waals surface area contributed by atoms with E-state index in [4.69, 9.17) is 4.42 Å². The Morgan fingerprint density at radius 2 is 2.15 bits per heavy atom. The quantitative estimate of drug-likeness (QED) is 0.741. The van der Waals surface area contributed by atoms with E-state index in [1.165, 1.54) is 16.8 Å². The largest absolute Gasteiger partial charge is 0.469 e. The maximum Gasteiger partial charge on any atom is 0.230 e. The van der Waals surface area contributed by atoms with Gasteiger partial charge in [0.1, 0.15) is 17.4 Å². The van der Waals surface area contributed by atoms with Gasteiger partial charge in [-0.05, 0) is 29.8 Å². The van der Waals surface area contributed by atoms with E-state index < -0.39 is 0 Å². The van der Waals surface area contributed by atoms with Crippen LogP contribution in [0.2, 0.25) is 0 Å². The third kappa shape index (κ3) is 3.33. The first kappa shape index (κ1) is 17.0. The predicted octanol–water partition coefficient (Wildman–Crippen LogP) is 2.81. The van der Waals surface area contributed by atoms with E-state index in [-0.39, 0.29) is 36.4 Å². The fourth-order valence-electron chi connectivity index (χ4n) is 3.28. The van der Waals surface area contributed by atoms with Crippen LogP contribution in [0.5, 0.6) is 0 Å². The second-order valence-electron chi connectivity index (χ2n) is 6.41. The summed E-state index contributed by atoms with van der Waals surface area (Å²) in [6, 6.07) is 9.31. The fraction of sp³-hybridized carbons (Fsp3) is 0.211. The van der Waals surface area contributed by atoms with E-state index in [0.29, 0.717) is 28.5 Å². The Hall–Kier alpha value is -3.42. The molecule has 1 aliphatic heterocycles. The van der Waals surface area contributed by atoms with Gasteiger partial charge >= 0.3 is 0 Å². The van der Waals surface area contributed by atoms with Gasteiger partial charge in [0.05, 0.1) is 24.2 Å². The predicted molar refractivity (Wildman–Crippen MR) is 95.7 cm³/mol. The highest BCUT2D eigenvalue weighted by Gasteiger charge is 2.34. The van der Waals surface area contributed by atoms with Gasteiger partial charge in [0, 0.05) is 13.5 Å². The number of nitrogens with zero attached hydrogens (tertiary/aromatic N) is 2. The Labute approximate surface area is 154 Å². The summed E-state index contributed by atoms with van der Waals surface area (Å²) in [6.45, 7) is 0. The summed E-state index contributed by atoms with van der Waals surface area (Å²) in [5.74, 6) is 0.432. The van der Waals surface area contributed by atoms with Crippen LogP contribution < -0.4 is 10.6 Å². The van der Waals surface area contributed by atoms with E-state index in [1.54, 1.807) is 37.6 Å². The van der Waals surface area contributed by atoms with E-state index in [1.807, 2.05) is 0 Å². The number of aromatic nitrogens is 2. The Morgan fingerprint density at radius 1 is 1.37 bits per heavy atom. The van der Waals surface area contributed by atoms with Crippen LogP contribution >= 0.6 is 0 Å². The van der Waals surface area contributed by atoms with Gasteiger partial charge in [-0.3, -0.25) is 14.3 Å². The maximum atomic E-state index is 13.0. The van der Waals surface area contributed by atoms with Gasteiger partial charge in [0.2, 0.25) is 11.8 Å². The second kappa shape index (κ2) is 6.71. The average molecular weight is 368 g/mol.